The van der Waals surface area contributed by atoms with Crippen LogP contribution in [-0.4, -0.2) is 11.8 Å². The lowest BCUT2D eigenvalue weighted by Gasteiger charge is -2.09. The van der Waals surface area contributed by atoms with Gasteiger partial charge in [0.2, 0.25) is 11.8 Å². The van der Waals surface area contributed by atoms with Crippen LogP contribution < -0.4 is 16.3 Å². The Morgan fingerprint density at radius 2 is 1.44 bits per heavy atom. The van der Waals surface area contributed by atoms with Gasteiger partial charge in [0.05, 0.1) is 0 Å². The number of hydrogen-bond donors (Lipinski definition) is 2. The van der Waals surface area contributed by atoms with E-state index in [1.54, 1.807) is 30.3 Å². The van der Waals surface area contributed by atoms with Crippen molar-refractivity contribution in [2.75, 3.05) is 10.6 Å². The molecule has 2 aromatic carbocycles. The van der Waals surface area contributed by atoms with E-state index in [1.807, 2.05) is 26.8 Å². The molecule has 0 unspecified atom stereocenters. The third-order valence-electron chi connectivity index (χ3n) is 5.67. The number of carbonyl (C=O) groups is 2. The molecule has 0 aliphatic carbocycles. The van der Waals surface area contributed by atoms with E-state index in [0.717, 1.165) is 27.7 Å². The maximum atomic E-state index is 12.6. The number of benzene rings is 2. The quantitative estimate of drug-likeness (QED) is 0.433. The number of furan rings is 1. The summed E-state index contributed by atoms with van der Waals surface area (Å²) < 4.78 is 11.3. The monoisotopic (exact) mass is 432 g/mol. The van der Waals surface area contributed by atoms with Gasteiger partial charge in [-0.05, 0) is 68.7 Å². The van der Waals surface area contributed by atoms with Gasteiger partial charge >= 0.3 is 5.63 Å². The van der Waals surface area contributed by atoms with Crippen LogP contribution in [0.15, 0.2) is 50.0 Å². The van der Waals surface area contributed by atoms with E-state index in [9.17, 15) is 14.4 Å². The van der Waals surface area contributed by atoms with Crippen molar-refractivity contribution in [3.05, 3.63) is 69.3 Å². The van der Waals surface area contributed by atoms with Crippen molar-refractivity contribution >= 4 is 45.1 Å². The van der Waals surface area contributed by atoms with E-state index in [4.69, 9.17) is 8.83 Å². The number of carbonyl (C=O) groups excluding carboxylic acids is 2. The van der Waals surface area contributed by atoms with Crippen LogP contribution in [0.4, 0.5) is 11.4 Å². The lowest BCUT2D eigenvalue weighted by molar-refractivity contribution is -0.116. The van der Waals surface area contributed by atoms with Crippen molar-refractivity contribution < 1.29 is 18.4 Å². The second-order valence-corrected chi connectivity index (χ2v) is 7.93. The number of amides is 2. The van der Waals surface area contributed by atoms with Crippen molar-refractivity contribution in [2.45, 2.75) is 40.5 Å². The van der Waals surface area contributed by atoms with Crippen LogP contribution in [0.2, 0.25) is 0 Å². The van der Waals surface area contributed by atoms with Gasteiger partial charge in [0.25, 0.3) is 0 Å². The maximum absolute atomic E-state index is 12.6. The number of rotatable bonds is 5. The van der Waals surface area contributed by atoms with Gasteiger partial charge in [-0.15, -0.1) is 0 Å². The number of nitrogens with one attached hydrogen (secondary N) is 2. The van der Waals surface area contributed by atoms with E-state index < -0.39 is 5.63 Å². The largest absolute Gasteiger partial charge is 0.461 e. The van der Waals surface area contributed by atoms with Gasteiger partial charge in [-0.1, -0.05) is 0 Å². The smallest absolute Gasteiger partial charge is 0.339 e. The van der Waals surface area contributed by atoms with Gasteiger partial charge in [-0.3, -0.25) is 9.59 Å². The molecule has 0 fully saturated rings. The van der Waals surface area contributed by atoms with Crippen LogP contribution in [0.1, 0.15) is 35.8 Å². The molecule has 2 aromatic heterocycles. The second kappa shape index (κ2) is 8.34. The Hall–Kier alpha value is -3.87. The normalized spacial score (nSPS) is 11.1. The highest BCUT2D eigenvalue weighted by atomic mass is 16.4. The van der Waals surface area contributed by atoms with Gasteiger partial charge in [-0.25, -0.2) is 4.79 Å². The molecule has 7 nitrogen and oxygen atoms in total. The Morgan fingerprint density at radius 1 is 0.844 bits per heavy atom. The summed E-state index contributed by atoms with van der Waals surface area (Å²) in [6.07, 6.45) is 0.401. The van der Waals surface area contributed by atoms with Crippen LogP contribution in [0.25, 0.3) is 21.9 Å². The van der Waals surface area contributed by atoms with Gasteiger partial charge in [0.1, 0.15) is 16.9 Å². The topological polar surface area (TPSA) is 102 Å². The maximum Gasteiger partial charge on any atom is 0.339 e. The van der Waals surface area contributed by atoms with Crippen molar-refractivity contribution in [3.8, 4) is 0 Å². The molecule has 7 heteroatoms. The third-order valence-corrected chi connectivity index (χ3v) is 5.67. The average Bonchev–Trinajstić information content (AvgIpc) is 3.00. The molecule has 0 aliphatic rings. The summed E-state index contributed by atoms with van der Waals surface area (Å²) in [5.41, 5.74) is 4.33. The zero-order valence-corrected chi connectivity index (χ0v) is 18.4. The molecular weight excluding hydrogens is 408 g/mol. The number of anilines is 2. The van der Waals surface area contributed by atoms with E-state index >= 15 is 0 Å². The molecule has 2 N–H and O–H groups in total. The summed E-state index contributed by atoms with van der Waals surface area (Å²) >= 11 is 0. The van der Waals surface area contributed by atoms with Crippen molar-refractivity contribution in [3.63, 3.8) is 0 Å². The molecule has 0 saturated carbocycles. The Balaban J connectivity index is 1.52. The molecule has 0 radical (unpaired) electrons. The summed E-state index contributed by atoms with van der Waals surface area (Å²) in [6.45, 7) is 7.21. The van der Waals surface area contributed by atoms with Gasteiger partial charge < -0.3 is 19.5 Å². The number of aryl methyl sites for hydroxylation is 3. The van der Waals surface area contributed by atoms with Gasteiger partial charge in [0.15, 0.2) is 0 Å². The van der Waals surface area contributed by atoms with E-state index in [1.165, 1.54) is 6.92 Å². The van der Waals surface area contributed by atoms with Crippen molar-refractivity contribution in [1.29, 1.82) is 0 Å². The Bertz CT molecular complexity index is 1410. The predicted molar refractivity (Wildman–Crippen MR) is 124 cm³/mol. The standard InChI is InChI=1S/C25H24N2O5/c1-13-15(3)31-22-12-23-21(11-20(13)22)14(2)19(25(30)32-23)9-10-24(29)27-18-7-5-17(6-8-18)26-16(4)28/h5-8,11-12H,9-10H2,1-4H3,(H,26,28)(H,27,29). The highest BCUT2D eigenvalue weighted by Crippen LogP contribution is 2.31. The van der Waals surface area contributed by atoms with Crippen LogP contribution in [-0.2, 0) is 16.0 Å². The minimum absolute atomic E-state index is 0.136. The molecule has 164 valence electrons. The van der Waals surface area contributed by atoms with E-state index in [-0.39, 0.29) is 24.7 Å². The molecule has 2 amide bonds. The number of hydrogen-bond acceptors (Lipinski definition) is 5. The fourth-order valence-electron chi connectivity index (χ4n) is 3.82. The second-order valence-electron chi connectivity index (χ2n) is 7.93. The molecular formula is C25H24N2O5. The van der Waals surface area contributed by atoms with Crippen molar-refractivity contribution in [2.24, 2.45) is 0 Å². The van der Waals surface area contributed by atoms with Gasteiger partial charge in [-0.2, -0.15) is 0 Å². The summed E-state index contributed by atoms with van der Waals surface area (Å²) in [5.74, 6) is 0.454. The zero-order valence-electron chi connectivity index (χ0n) is 18.4. The predicted octanol–water partition coefficient (Wildman–Crippen LogP) is 4.99. The average molecular weight is 432 g/mol. The lowest BCUT2D eigenvalue weighted by Crippen LogP contribution is -2.16. The molecule has 0 saturated heterocycles. The van der Waals surface area contributed by atoms with E-state index in [2.05, 4.69) is 10.6 Å². The number of fused-ring (bicyclic) bond motifs is 2. The van der Waals surface area contributed by atoms with Crippen LogP contribution in [0.5, 0.6) is 0 Å². The molecule has 0 aliphatic heterocycles. The fourth-order valence-corrected chi connectivity index (χ4v) is 3.82. The summed E-state index contributed by atoms with van der Waals surface area (Å²) in [4.78, 5) is 36.1. The van der Waals surface area contributed by atoms with Crippen LogP contribution in [0, 0.1) is 20.8 Å². The molecule has 0 spiro atoms. The summed E-state index contributed by atoms with van der Waals surface area (Å²) in [7, 11) is 0. The Labute approximate surface area is 184 Å². The van der Waals surface area contributed by atoms with Gasteiger partial charge in [0, 0.05) is 47.1 Å². The first-order valence-electron chi connectivity index (χ1n) is 10.4. The van der Waals surface area contributed by atoms with E-state index in [0.29, 0.717) is 28.1 Å². The minimum atomic E-state index is -0.443. The third kappa shape index (κ3) is 4.14. The summed E-state index contributed by atoms with van der Waals surface area (Å²) in [5, 5.41) is 7.30. The molecule has 4 aromatic rings. The molecule has 2 heterocycles. The SMILES string of the molecule is CC(=O)Nc1ccc(NC(=O)CCc2c(C)c3cc4c(C)c(C)oc4cc3oc2=O)cc1. The first-order chi connectivity index (χ1) is 15.2. The lowest BCUT2D eigenvalue weighted by atomic mass is 10.0. The van der Waals surface area contributed by atoms with Crippen molar-refractivity contribution in [1.82, 2.24) is 0 Å². The zero-order chi connectivity index (χ0) is 23.0. The highest BCUT2D eigenvalue weighted by molar-refractivity contribution is 5.97. The Morgan fingerprint density at radius 3 is 2.09 bits per heavy atom. The molecule has 0 atom stereocenters. The summed E-state index contributed by atoms with van der Waals surface area (Å²) in [6, 6.07) is 10.6. The van der Waals surface area contributed by atoms with Crippen LogP contribution in [0.3, 0.4) is 0 Å². The first kappa shape index (κ1) is 21.4. The van der Waals surface area contributed by atoms with Crippen LogP contribution >= 0.6 is 0 Å². The Kier molecular flexibility index (Phi) is 5.57. The highest BCUT2D eigenvalue weighted by Gasteiger charge is 2.16. The molecule has 32 heavy (non-hydrogen) atoms. The minimum Gasteiger partial charge on any atom is -0.461 e. The molecule has 4 rings (SSSR count). The first-order valence-corrected chi connectivity index (χ1v) is 10.4. The fraction of sp³-hybridized carbons (Fsp3) is 0.240. The molecule has 0 bridgehead atoms.